The third-order valence-corrected chi connectivity index (χ3v) is 4.63. The summed E-state index contributed by atoms with van der Waals surface area (Å²) in [6.45, 7) is 11.0. The number of carbonyl (C=O) groups is 1. The highest BCUT2D eigenvalue weighted by atomic mass is 127. The zero-order valence-electron chi connectivity index (χ0n) is 17.0. The van der Waals surface area contributed by atoms with E-state index in [1.807, 2.05) is 6.92 Å². The highest BCUT2D eigenvalue weighted by Crippen LogP contribution is 2.18. The fourth-order valence-corrected chi connectivity index (χ4v) is 3.22. The maximum atomic E-state index is 11.3. The lowest BCUT2D eigenvalue weighted by molar-refractivity contribution is -0.143. The summed E-state index contributed by atoms with van der Waals surface area (Å²) in [6.07, 6.45) is 4.62. The summed E-state index contributed by atoms with van der Waals surface area (Å²) < 4.78 is 4.93. The molecular weight excluding hydrogens is 475 g/mol. The van der Waals surface area contributed by atoms with E-state index in [9.17, 15) is 4.79 Å². The predicted octanol–water partition coefficient (Wildman–Crippen LogP) is 4.45. The van der Waals surface area contributed by atoms with Crippen LogP contribution in [0.15, 0.2) is 10.4 Å². The lowest BCUT2D eigenvalue weighted by atomic mass is 10.1. The lowest BCUT2D eigenvalue weighted by Gasteiger charge is -2.10. The molecule has 0 saturated heterocycles. The van der Waals surface area contributed by atoms with Crippen molar-refractivity contribution in [3.8, 4) is 0 Å². The summed E-state index contributed by atoms with van der Waals surface area (Å²) in [5.41, 5.74) is 1.14. The van der Waals surface area contributed by atoms with Gasteiger partial charge in [-0.3, -0.25) is 4.79 Å². The maximum absolute atomic E-state index is 11.3. The van der Waals surface area contributed by atoms with Crippen LogP contribution in [-0.4, -0.2) is 36.6 Å². The lowest BCUT2D eigenvalue weighted by Crippen LogP contribution is -2.37. The van der Waals surface area contributed by atoms with Crippen molar-refractivity contribution in [1.82, 2.24) is 15.6 Å². The van der Waals surface area contributed by atoms with Crippen molar-refractivity contribution >= 4 is 47.2 Å². The fraction of sp³-hybridized carbons (Fsp3) is 0.737. The Morgan fingerprint density at radius 1 is 1.22 bits per heavy atom. The van der Waals surface area contributed by atoms with Gasteiger partial charge in [-0.1, -0.05) is 26.7 Å². The highest BCUT2D eigenvalue weighted by Gasteiger charge is 2.06. The van der Waals surface area contributed by atoms with Gasteiger partial charge in [0.05, 0.1) is 18.8 Å². The number of hydrogen-bond donors (Lipinski definition) is 2. The maximum Gasteiger partial charge on any atom is 0.305 e. The first-order valence-corrected chi connectivity index (χ1v) is 10.6. The number of carbonyl (C=O) groups excluding carboxylic acids is 1. The summed E-state index contributed by atoms with van der Waals surface area (Å²) in [4.78, 5) is 20.5. The molecule has 0 aliphatic heterocycles. The van der Waals surface area contributed by atoms with E-state index in [-0.39, 0.29) is 29.9 Å². The summed E-state index contributed by atoms with van der Waals surface area (Å²) in [7, 11) is 0. The molecule has 6 nitrogen and oxygen atoms in total. The molecule has 1 heterocycles. The molecule has 0 aromatic carbocycles. The van der Waals surface area contributed by atoms with Crippen LogP contribution in [0.4, 0.5) is 0 Å². The number of nitrogens with zero attached hydrogens (tertiary/aromatic N) is 2. The van der Waals surface area contributed by atoms with Crippen molar-refractivity contribution in [1.29, 1.82) is 0 Å². The normalized spacial score (nSPS) is 11.2. The number of aromatic nitrogens is 1. The Hall–Kier alpha value is -0.900. The Kier molecular flexibility index (Phi) is 15.6. The number of guanidine groups is 1. The van der Waals surface area contributed by atoms with Gasteiger partial charge in [-0.15, -0.1) is 35.3 Å². The zero-order valence-corrected chi connectivity index (χ0v) is 20.2. The molecule has 0 fully saturated rings. The van der Waals surface area contributed by atoms with Crippen LogP contribution >= 0.6 is 35.3 Å². The monoisotopic (exact) mass is 510 g/mol. The van der Waals surface area contributed by atoms with E-state index in [0.717, 1.165) is 55.4 Å². The number of halogens is 1. The van der Waals surface area contributed by atoms with Crippen LogP contribution in [0.25, 0.3) is 0 Å². The SMILES string of the molecule is CCNC(=NCc1nc(C(C)C)cs1)NCCCCCCC(=O)OCC.I. The van der Waals surface area contributed by atoms with Gasteiger partial charge in [0, 0.05) is 24.9 Å². The minimum atomic E-state index is -0.0880. The molecule has 1 aromatic rings. The number of nitrogens with one attached hydrogen (secondary N) is 2. The number of aliphatic imine (C=N–C) groups is 1. The standard InChI is InChI=1S/C19H34N4O2S.HI/c1-5-20-19(22-13-17-23-16(14-26-17)15(3)4)21-12-10-8-7-9-11-18(24)25-6-2;/h14-15H,5-13H2,1-4H3,(H2,20,21,22);1H. The van der Waals surface area contributed by atoms with Crippen LogP contribution in [0.1, 0.15) is 76.4 Å². The highest BCUT2D eigenvalue weighted by molar-refractivity contribution is 14.0. The summed E-state index contributed by atoms with van der Waals surface area (Å²) in [6, 6.07) is 0. The van der Waals surface area contributed by atoms with Gasteiger partial charge in [0.15, 0.2) is 5.96 Å². The quantitative estimate of drug-likeness (QED) is 0.143. The first-order chi connectivity index (χ1) is 12.6. The largest absolute Gasteiger partial charge is 0.466 e. The first kappa shape index (κ1) is 26.1. The number of esters is 1. The van der Waals surface area contributed by atoms with Crippen LogP contribution in [0.2, 0.25) is 0 Å². The van der Waals surface area contributed by atoms with Gasteiger partial charge in [0.2, 0.25) is 0 Å². The minimum Gasteiger partial charge on any atom is -0.466 e. The molecule has 27 heavy (non-hydrogen) atoms. The molecule has 1 aromatic heterocycles. The van der Waals surface area contributed by atoms with Crippen molar-refractivity contribution in [2.24, 2.45) is 4.99 Å². The van der Waals surface area contributed by atoms with Gasteiger partial charge < -0.3 is 15.4 Å². The molecule has 156 valence electrons. The molecule has 0 spiro atoms. The minimum absolute atomic E-state index is 0. The summed E-state index contributed by atoms with van der Waals surface area (Å²) >= 11 is 1.67. The smallest absolute Gasteiger partial charge is 0.305 e. The van der Waals surface area contributed by atoms with Gasteiger partial charge in [-0.2, -0.15) is 0 Å². The topological polar surface area (TPSA) is 75.6 Å². The predicted molar refractivity (Wildman–Crippen MR) is 124 cm³/mol. The molecule has 0 saturated carbocycles. The van der Waals surface area contributed by atoms with E-state index < -0.39 is 0 Å². The van der Waals surface area contributed by atoms with Crippen molar-refractivity contribution in [3.05, 3.63) is 16.1 Å². The number of rotatable bonds is 12. The van der Waals surface area contributed by atoms with Crippen molar-refractivity contribution in [2.45, 2.75) is 72.3 Å². The van der Waals surface area contributed by atoms with E-state index in [1.165, 1.54) is 0 Å². The van der Waals surface area contributed by atoms with Gasteiger partial charge in [-0.25, -0.2) is 9.98 Å². The van der Waals surface area contributed by atoms with Crippen LogP contribution in [0, 0.1) is 0 Å². The third-order valence-electron chi connectivity index (χ3n) is 3.78. The third kappa shape index (κ3) is 12.2. The Morgan fingerprint density at radius 2 is 1.96 bits per heavy atom. The van der Waals surface area contributed by atoms with Gasteiger partial charge in [0.25, 0.3) is 0 Å². The van der Waals surface area contributed by atoms with E-state index >= 15 is 0 Å². The molecular formula is C19H35IN4O2S. The molecule has 0 radical (unpaired) electrons. The molecule has 2 N–H and O–H groups in total. The summed E-state index contributed by atoms with van der Waals surface area (Å²) in [5.74, 6) is 1.20. The molecule has 0 aliphatic carbocycles. The molecule has 0 bridgehead atoms. The number of unbranched alkanes of at least 4 members (excludes halogenated alkanes) is 3. The molecule has 1 rings (SSSR count). The van der Waals surface area contributed by atoms with Gasteiger partial charge in [0.1, 0.15) is 5.01 Å². The van der Waals surface area contributed by atoms with Crippen molar-refractivity contribution in [3.63, 3.8) is 0 Å². The second-order valence-corrected chi connectivity index (χ2v) is 7.35. The Morgan fingerprint density at radius 3 is 2.59 bits per heavy atom. The Balaban J connectivity index is 0.00000676. The number of ether oxygens (including phenoxy) is 1. The van der Waals surface area contributed by atoms with Crippen molar-refractivity contribution < 1.29 is 9.53 Å². The molecule has 8 heteroatoms. The van der Waals surface area contributed by atoms with E-state index in [2.05, 4.69) is 46.8 Å². The van der Waals surface area contributed by atoms with Gasteiger partial charge >= 0.3 is 5.97 Å². The molecule has 0 atom stereocenters. The Labute approximate surface area is 185 Å². The van der Waals surface area contributed by atoms with E-state index in [4.69, 9.17) is 4.74 Å². The first-order valence-electron chi connectivity index (χ1n) is 9.68. The summed E-state index contributed by atoms with van der Waals surface area (Å²) in [5, 5.41) is 9.80. The zero-order chi connectivity index (χ0) is 19.2. The molecule has 0 aliphatic rings. The number of thiazole rings is 1. The average Bonchev–Trinajstić information content (AvgIpc) is 3.08. The van der Waals surface area contributed by atoms with E-state index in [1.54, 1.807) is 11.3 Å². The Bertz CT molecular complexity index is 550. The molecule has 0 unspecified atom stereocenters. The van der Waals surface area contributed by atoms with Crippen molar-refractivity contribution in [2.75, 3.05) is 19.7 Å². The second kappa shape index (κ2) is 16.1. The second-order valence-electron chi connectivity index (χ2n) is 6.41. The van der Waals surface area contributed by atoms with E-state index in [0.29, 0.717) is 25.5 Å². The van der Waals surface area contributed by atoms with Crippen LogP contribution in [-0.2, 0) is 16.1 Å². The fourth-order valence-electron chi connectivity index (χ4n) is 2.34. The van der Waals surface area contributed by atoms with Crippen LogP contribution in [0.5, 0.6) is 0 Å². The number of hydrogen-bond acceptors (Lipinski definition) is 5. The average molecular weight is 510 g/mol. The molecule has 0 amide bonds. The van der Waals surface area contributed by atoms with Gasteiger partial charge in [-0.05, 0) is 32.6 Å². The van der Waals surface area contributed by atoms with Crippen LogP contribution in [0.3, 0.4) is 0 Å². The van der Waals surface area contributed by atoms with Crippen LogP contribution < -0.4 is 10.6 Å².